The first-order valence-corrected chi connectivity index (χ1v) is 6.18. The first-order chi connectivity index (χ1) is 11.2. The van der Waals surface area contributed by atoms with E-state index in [9.17, 15) is 28.1 Å². The molecule has 1 aromatic heterocycles. The number of carbonyl (C=O) groups excluding carboxylic acids is 1. The second kappa shape index (κ2) is 6.81. The van der Waals surface area contributed by atoms with Crippen LogP contribution in [-0.2, 0) is 0 Å². The standard InChI is InChI=1S/C13H8F3N3O5/c14-13(15,16)24-9-3-1-8(2-4-9)12(20)18-17-7-10-5-6-11(23-10)19(21)22/h1-7H,(H,18,20). The van der Waals surface area contributed by atoms with E-state index in [2.05, 4.69) is 15.3 Å². The van der Waals surface area contributed by atoms with Crippen molar-refractivity contribution in [2.24, 2.45) is 5.10 Å². The maximum atomic E-state index is 12.0. The molecule has 1 heterocycles. The van der Waals surface area contributed by atoms with Crippen molar-refractivity contribution in [1.82, 2.24) is 5.43 Å². The molecule has 8 nitrogen and oxygen atoms in total. The van der Waals surface area contributed by atoms with Gasteiger partial charge in [0.05, 0.1) is 12.3 Å². The van der Waals surface area contributed by atoms with Crippen molar-refractivity contribution in [3.05, 3.63) is 57.8 Å². The van der Waals surface area contributed by atoms with E-state index in [-0.39, 0.29) is 11.3 Å². The summed E-state index contributed by atoms with van der Waals surface area (Å²) in [5.41, 5.74) is 2.13. The van der Waals surface area contributed by atoms with Gasteiger partial charge in [-0.05, 0) is 30.3 Å². The summed E-state index contributed by atoms with van der Waals surface area (Å²) in [6.07, 6.45) is -3.79. The van der Waals surface area contributed by atoms with E-state index in [4.69, 9.17) is 4.42 Å². The highest BCUT2D eigenvalue weighted by molar-refractivity contribution is 5.94. The number of carbonyl (C=O) groups is 1. The monoisotopic (exact) mass is 343 g/mol. The Balaban J connectivity index is 1.94. The van der Waals surface area contributed by atoms with Crippen LogP contribution in [0, 0.1) is 10.1 Å². The number of alkyl halides is 3. The number of ether oxygens (including phenoxy) is 1. The van der Waals surface area contributed by atoms with Crippen molar-refractivity contribution in [3.8, 4) is 5.75 Å². The Morgan fingerprint density at radius 1 is 1.25 bits per heavy atom. The quantitative estimate of drug-likeness (QED) is 0.510. The third-order valence-electron chi connectivity index (χ3n) is 2.50. The van der Waals surface area contributed by atoms with Gasteiger partial charge in [0.25, 0.3) is 5.91 Å². The molecule has 0 saturated carbocycles. The second-order valence-corrected chi connectivity index (χ2v) is 4.20. The molecule has 0 radical (unpaired) electrons. The lowest BCUT2D eigenvalue weighted by Gasteiger charge is -2.08. The van der Waals surface area contributed by atoms with Crippen LogP contribution < -0.4 is 10.2 Å². The maximum absolute atomic E-state index is 12.0. The van der Waals surface area contributed by atoms with Crippen LogP contribution in [0.25, 0.3) is 0 Å². The Labute approximate surface area is 131 Å². The predicted molar refractivity (Wildman–Crippen MR) is 73.5 cm³/mol. The molecular weight excluding hydrogens is 335 g/mol. The number of halogens is 3. The Morgan fingerprint density at radius 2 is 1.92 bits per heavy atom. The zero-order valence-electron chi connectivity index (χ0n) is 11.6. The molecule has 0 bridgehead atoms. The number of amides is 1. The van der Waals surface area contributed by atoms with Crippen molar-refractivity contribution in [2.75, 3.05) is 0 Å². The van der Waals surface area contributed by atoms with Crippen molar-refractivity contribution >= 4 is 18.0 Å². The van der Waals surface area contributed by atoms with Gasteiger partial charge < -0.3 is 9.15 Å². The van der Waals surface area contributed by atoms with Gasteiger partial charge in [-0.2, -0.15) is 5.10 Å². The molecule has 2 rings (SSSR count). The molecule has 1 N–H and O–H groups in total. The Morgan fingerprint density at radius 3 is 2.46 bits per heavy atom. The van der Waals surface area contributed by atoms with Gasteiger partial charge in [0, 0.05) is 5.56 Å². The third-order valence-corrected chi connectivity index (χ3v) is 2.50. The number of nitrogens with zero attached hydrogens (tertiary/aromatic N) is 2. The molecule has 1 aromatic carbocycles. The van der Waals surface area contributed by atoms with E-state index in [1.54, 1.807) is 0 Å². The lowest BCUT2D eigenvalue weighted by molar-refractivity contribution is -0.402. The van der Waals surface area contributed by atoms with Crippen LogP contribution in [0.15, 0.2) is 45.9 Å². The summed E-state index contributed by atoms with van der Waals surface area (Å²) < 4.78 is 44.5. The average molecular weight is 343 g/mol. The zero-order valence-corrected chi connectivity index (χ0v) is 11.6. The minimum atomic E-state index is -4.82. The van der Waals surface area contributed by atoms with E-state index in [0.29, 0.717) is 0 Å². The summed E-state index contributed by atoms with van der Waals surface area (Å²) in [6.45, 7) is 0. The van der Waals surface area contributed by atoms with Gasteiger partial charge in [0.2, 0.25) is 0 Å². The molecule has 0 aliphatic carbocycles. The summed E-state index contributed by atoms with van der Waals surface area (Å²) >= 11 is 0. The molecule has 0 aliphatic heterocycles. The summed E-state index contributed by atoms with van der Waals surface area (Å²) in [7, 11) is 0. The van der Waals surface area contributed by atoms with Crippen LogP contribution in [0.2, 0.25) is 0 Å². The number of nitrogens with one attached hydrogen (secondary N) is 1. The van der Waals surface area contributed by atoms with Crippen LogP contribution in [0.1, 0.15) is 16.1 Å². The number of furan rings is 1. The van der Waals surface area contributed by atoms with Crippen LogP contribution in [-0.4, -0.2) is 23.4 Å². The molecule has 126 valence electrons. The molecule has 0 aliphatic rings. The molecule has 0 saturated heterocycles. The minimum Gasteiger partial charge on any atom is -0.406 e. The summed E-state index contributed by atoms with van der Waals surface area (Å²) in [6, 6.07) is 6.57. The van der Waals surface area contributed by atoms with Gasteiger partial charge in [0.15, 0.2) is 5.76 Å². The SMILES string of the molecule is O=C(NN=Cc1ccc([N+](=O)[O-])o1)c1ccc(OC(F)(F)F)cc1. The molecular formula is C13H8F3N3O5. The van der Waals surface area contributed by atoms with Crippen LogP contribution in [0.5, 0.6) is 5.75 Å². The summed E-state index contributed by atoms with van der Waals surface area (Å²) in [4.78, 5) is 21.4. The molecule has 0 spiro atoms. The highest BCUT2D eigenvalue weighted by atomic mass is 19.4. The third kappa shape index (κ3) is 4.83. The molecule has 24 heavy (non-hydrogen) atoms. The fourth-order valence-corrected chi connectivity index (χ4v) is 1.54. The van der Waals surface area contributed by atoms with Gasteiger partial charge in [-0.1, -0.05) is 0 Å². The lowest BCUT2D eigenvalue weighted by Crippen LogP contribution is -2.18. The van der Waals surface area contributed by atoms with Crippen molar-refractivity contribution in [3.63, 3.8) is 0 Å². The Kier molecular flexibility index (Phi) is 4.82. The first kappa shape index (κ1) is 17.0. The van der Waals surface area contributed by atoms with Crippen LogP contribution >= 0.6 is 0 Å². The maximum Gasteiger partial charge on any atom is 0.573 e. The molecule has 0 unspecified atom stereocenters. The summed E-state index contributed by atoms with van der Waals surface area (Å²) in [5.74, 6) is -1.62. The van der Waals surface area contributed by atoms with Gasteiger partial charge in [-0.15, -0.1) is 13.2 Å². The predicted octanol–water partition coefficient (Wildman–Crippen LogP) is 2.85. The Hall–Kier alpha value is -3.37. The normalized spacial score (nSPS) is 11.5. The number of hydrogen-bond donors (Lipinski definition) is 1. The average Bonchev–Trinajstić information content (AvgIpc) is 2.95. The molecule has 0 atom stereocenters. The second-order valence-electron chi connectivity index (χ2n) is 4.20. The van der Waals surface area contributed by atoms with Crippen LogP contribution in [0.3, 0.4) is 0 Å². The number of hydrazone groups is 1. The fraction of sp³-hybridized carbons (Fsp3) is 0.0769. The van der Waals surface area contributed by atoms with E-state index in [1.807, 2.05) is 0 Å². The van der Waals surface area contributed by atoms with Gasteiger partial charge >= 0.3 is 12.2 Å². The van der Waals surface area contributed by atoms with Crippen molar-refractivity contribution in [2.45, 2.75) is 6.36 Å². The van der Waals surface area contributed by atoms with Gasteiger partial charge in [-0.3, -0.25) is 14.9 Å². The molecule has 2 aromatic rings. The van der Waals surface area contributed by atoms with E-state index in [0.717, 1.165) is 36.5 Å². The van der Waals surface area contributed by atoms with E-state index >= 15 is 0 Å². The van der Waals surface area contributed by atoms with Crippen LogP contribution in [0.4, 0.5) is 19.1 Å². The topological polar surface area (TPSA) is 107 Å². The van der Waals surface area contributed by atoms with Crippen molar-refractivity contribution in [1.29, 1.82) is 0 Å². The number of hydrogen-bond acceptors (Lipinski definition) is 6. The largest absolute Gasteiger partial charge is 0.573 e. The molecule has 11 heteroatoms. The highest BCUT2D eigenvalue weighted by Gasteiger charge is 2.31. The van der Waals surface area contributed by atoms with E-state index in [1.165, 1.54) is 6.07 Å². The molecule has 0 fully saturated rings. The smallest absolute Gasteiger partial charge is 0.406 e. The Bertz CT molecular complexity index is 768. The number of rotatable bonds is 5. The fourth-order valence-electron chi connectivity index (χ4n) is 1.54. The zero-order chi connectivity index (χ0) is 17.7. The van der Waals surface area contributed by atoms with Crippen molar-refractivity contribution < 1.29 is 32.0 Å². The molecule has 1 amide bonds. The lowest BCUT2D eigenvalue weighted by atomic mass is 10.2. The first-order valence-electron chi connectivity index (χ1n) is 6.18. The minimum absolute atomic E-state index is 0.0344. The number of benzene rings is 1. The summed E-state index contributed by atoms with van der Waals surface area (Å²) in [5, 5.41) is 13.9. The number of nitro groups is 1. The van der Waals surface area contributed by atoms with E-state index < -0.39 is 28.8 Å². The van der Waals surface area contributed by atoms with Gasteiger partial charge in [0.1, 0.15) is 10.7 Å². The van der Waals surface area contributed by atoms with Gasteiger partial charge in [-0.25, -0.2) is 5.43 Å². The highest BCUT2D eigenvalue weighted by Crippen LogP contribution is 2.22.